The van der Waals surface area contributed by atoms with Gasteiger partial charge in [-0.2, -0.15) is 0 Å². The van der Waals surface area contributed by atoms with Crippen molar-refractivity contribution < 1.29 is 4.39 Å². The summed E-state index contributed by atoms with van der Waals surface area (Å²) in [7, 11) is 0. The summed E-state index contributed by atoms with van der Waals surface area (Å²) in [6.45, 7) is 5.89. The van der Waals surface area contributed by atoms with E-state index in [0.29, 0.717) is 28.3 Å². The Morgan fingerprint density at radius 1 is 1.21 bits per heavy atom. The summed E-state index contributed by atoms with van der Waals surface area (Å²) in [6.07, 6.45) is 5.14. The van der Waals surface area contributed by atoms with Gasteiger partial charge in [0.25, 0.3) is 5.56 Å². The van der Waals surface area contributed by atoms with Gasteiger partial charge in [-0.25, -0.2) is 19.3 Å². The Bertz CT molecular complexity index is 1490. The molecule has 172 valence electrons. The Morgan fingerprint density at radius 2 is 2.03 bits per heavy atom. The van der Waals surface area contributed by atoms with Crippen LogP contribution < -0.4 is 16.2 Å². The van der Waals surface area contributed by atoms with Gasteiger partial charge in [-0.15, -0.1) is 0 Å². The highest BCUT2D eigenvalue weighted by molar-refractivity contribution is 5.69. The first-order valence-corrected chi connectivity index (χ1v) is 11.3. The maximum Gasteiger partial charge on any atom is 0.266 e. The lowest BCUT2D eigenvalue weighted by molar-refractivity contribution is 0.628. The van der Waals surface area contributed by atoms with Crippen molar-refractivity contribution in [1.29, 1.82) is 0 Å². The van der Waals surface area contributed by atoms with Gasteiger partial charge in [0.2, 0.25) is 0 Å². The number of allylic oxidation sites excluding steroid dienone is 1. The van der Waals surface area contributed by atoms with Gasteiger partial charge < -0.3 is 10.6 Å². The van der Waals surface area contributed by atoms with E-state index in [2.05, 4.69) is 27.5 Å². The number of hydrogen-bond acceptors (Lipinski definition) is 6. The standard InChI is InChI=1S/C26H25FN6O/c1-4-17-11-20-24(28-13-17)29-14-30-25(20)31-16(3)23-22(18-8-6-9-19(27)12-18)26(34)33-15(2)7-5-10-21(33)32-23/h5-10,12-14,16H,4,11H2,1-3H3,(H2,28,29,30,31). The van der Waals surface area contributed by atoms with Crippen LogP contribution in [-0.2, 0) is 6.42 Å². The molecule has 2 N–H and O–H groups in total. The van der Waals surface area contributed by atoms with Crippen LogP contribution in [0.4, 0.5) is 16.0 Å². The van der Waals surface area contributed by atoms with E-state index in [-0.39, 0.29) is 11.6 Å². The zero-order chi connectivity index (χ0) is 23.8. The quantitative estimate of drug-likeness (QED) is 0.438. The van der Waals surface area contributed by atoms with Gasteiger partial charge in [-0.05, 0) is 55.7 Å². The third kappa shape index (κ3) is 3.81. The summed E-state index contributed by atoms with van der Waals surface area (Å²) in [6, 6.07) is 11.2. The molecule has 0 radical (unpaired) electrons. The van der Waals surface area contributed by atoms with Crippen LogP contribution in [0.1, 0.15) is 43.3 Å². The Labute approximate surface area is 196 Å². The summed E-state index contributed by atoms with van der Waals surface area (Å²) in [5.74, 6) is 1.03. The van der Waals surface area contributed by atoms with Gasteiger partial charge in [0.1, 0.15) is 29.4 Å². The normalized spacial score (nSPS) is 13.7. The highest BCUT2D eigenvalue weighted by atomic mass is 19.1. The second-order valence-corrected chi connectivity index (χ2v) is 8.44. The predicted molar refractivity (Wildman–Crippen MR) is 131 cm³/mol. The first-order valence-electron chi connectivity index (χ1n) is 11.3. The topological polar surface area (TPSA) is 84.2 Å². The van der Waals surface area contributed by atoms with Crippen LogP contribution in [0.2, 0.25) is 0 Å². The molecule has 1 unspecified atom stereocenters. The van der Waals surface area contributed by atoms with Gasteiger partial charge in [-0.1, -0.05) is 25.1 Å². The highest BCUT2D eigenvalue weighted by Gasteiger charge is 2.23. The van der Waals surface area contributed by atoms with Crippen LogP contribution in [0.5, 0.6) is 0 Å². The molecule has 4 aromatic rings. The molecule has 1 aliphatic heterocycles. The number of halogens is 1. The third-order valence-electron chi connectivity index (χ3n) is 6.17. The molecule has 0 saturated carbocycles. The number of nitrogens with one attached hydrogen (secondary N) is 2. The lowest BCUT2D eigenvalue weighted by Crippen LogP contribution is -2.24. The van der Waals surface area contributed by atoms with Crippen molar-refractivity contribution in [2.75, 3.05) is 10.6 Å². The Kier molecular flexibility index (Phi) is 5.57. The van der Waals surface area contributed by atoms with Crippen LogP contribution >= 0.6 is 0 Å². The smallest absolute Gasteiger partial charge is 0.266 e. The third-order valence-corrected chi connectivity index (χ3v) is 6.17. The van der Waals surface area contributed by atoms with E-state index in [9.17, 15) is 9.18 Å². The summed E-state index contributed by atoms with van der Waals surface area (Å²) in [5, 5.41) is 6.68. The van der Waals surface area contributed by atoms with Crippen LogP contribution in [0, 0.1) is 12.7 Å². The number of fused-ring (bicyclic) bond motifs is 2. The minimum Gasteiger partial charge on any atom is -0.362 e. The monoisotopic (exact) mass is 456 g/mol. The molecule has 7 nitrogen and oxygen atoms in total. The lowest BCUT2D eigenvalue weighted by atomic mass is 9.99. The van der Waals surface area contributed by atoms with E-state index < -0.39 is 5.82 Å². The molecule has 1 aliphatic rings. The Balaban J connectivity index is 1.65. The van der Waals surface area contributed by atoms with E-state index in [4.69, 9.17) is 4.98 Å². The molecule has 0 spiro atoms. The van der Waals surface area contributed by atoms with Gasteiger partial charge in [0.05, 0.1) is 17.3 Å². The number of rotatable bonds is 5. The molecular formula is C26H25FN6O. The fourth-order valence-electron chi connectivity index (χ4n) is 4.36. The van der Waals surface area contributed by atoms with Crippen molar-refractivity contribution in [3.63, 3.8) is 0 Å². The zero-order valence-corrected chi connectivity index (χ0v) is 19.3. The van der Waals surface area contributed by atoms with Crippen molar-refractivity contribution in [2.24, 2.45) is 0 Å². The number of anilines is 2. The molecule has 0 saturated heterocycles. The van der Waals surface area contributed by atoms with Crippen molar-refractivity contribution >= 4 is 17.3 Å². The van der Waals surface area contributed by atoms with Crippen LogP contribution in [0.25, 0.3) is 16.8 Å². The molecule has 34 heavy (non-hydrogen) atoms. The van der Waals surface area contributed by atoms with Gasteiger partial charge in [0.15, 0.2) is 0 Å². The van der Waals surface area contributed by atoms with Crippen LogP contribution in [0.15, 0.2) is 65.4 Å². The maximum atomic E-state index is 14.1. The van der Waals surface area contributed by atoms with Crippen molar-refractivity contribution in [1.82, 2.24) is 19.4 Å². The number of aromatic nitrogens is 4. The average Bonchev–Trinajstić information content (AvgIpc) is 2.83. The SMILES string of the molecule is CCC1=CNc2ncnc(NC(C)c3nc4cccc(C)n4c(=O)c3-c3cccc(F)c3)c2C1. The van der Waals surface area contributed by atoms with Crippen LogP contribution in [0.3, 0.4) is 0 Å². The average molecular weight is 457 g/mol. The van der Waals surface area contributed by atoms with Gasteiger partial charge in [-0.3, -0.25) is 9.20 Å². The van der Waals surface area contributed by atoms with E-state index in [1.807, 2.05) is 32.2 Å². The number of pyridine rings is 1. The number of aryl methyl sites for hydroxylation is 1. The van der Waals surface area contributed by atoms with Gasteiger partial charge >= 0.3 is 0 Å². The number of hydrogen-bond donors (Lipinski definition) is 2. The van der Waals surface area contributed by atoms with Crippen molar-refractivity contribution in [2.45, 2.75) is 39.7 Å². The van der Waals surface area contributed by atoms with Crippen molar-refractivity contribution in [3.05, 3.63) is 93.7 Å². The summed E-state index contributed by atoms with van der Waals surface area (Å²) in [5.41, 5.74) is 4.66. The molecule has 5 rings (SSSR count). The predicted octanol–water partition coefficient (Wildman–Crippen LogP) is 5.03. The first kappa shape index (κ1) is 21.8. The first-order chi connectivity index (χ1) is 16.5. The molecule has 0 bridgehead atoms. The molecule has 1 atom stereocenters. The molecule has 1 aromatic carbocycles. The second kappa shape index (κ2) is 8.70. The molecule has 3 aromatic heterocycles. The molecule has 4 heterocycles. The maximum absolute atomic E-state index is 14.1. The largest absolute Gasteiger partial charge is 0.362 e. The molecule has 0 aliphatic carbocycles. The van der Waals surface area contributed by atoms with Crippen LogP contribution in [-0.4, -0.2) is 19.4 Å². The van der Waals surface area contributed by atoms with E-state index in [0.717, 1.165) is 29.9 Å². The minimum atomic E-state index is -0.409. The zero-order valence-electron chi connectivity index (χ0n) is 19.3. The number of benzene rings is 1. The number of nitrogens with zero attached hydrogens (tertiary/aromatic N) is 4. The lowest BCUT2D eigenvalue weighted by Gasteiger charge is -2.23. The second-order valence-electron chi connectivity index (χ2n) is 8.44. The van der Waals surface area contributed by atoms with E-state index in [1.54, 1.807) is 22.6 Å². The summed E-state index contributed by atoms with van der Waals surface area (Å²) in [4.78, 5) is 27.4. The van der Waals surface area contributed by atoms with E-state index >= 15 is 0 Å². The van der Waals surface area contributed by atoms with E-state index in [1.165, 1.54) is 24.0 Å². The molecular weight excluding hydrogens is 431 g/mol. The summed E-state index contributed by atoms with van der Waals surface area (Å²) < 4.78 is 15.7. The highest BCUT2D eigenvalue weighted by Crippen LogP contribution is 2.32. The van der Waals surface area contributed by atoms with Crippen molar-refractivity contribution in [3.8, 4) is 11.1 Å². The molecule has 0 fully saturated rings. The summed E-state index contributed by atoms with van der Waals surface area (Å²) >= 11 is 0. The van der Waals surface area contributed by atoms with Gasteiger partial charge in [0, 0.05) is 23.9 Å². The Hall–Kier alpha value is -4.07. The fraction of sp³-hybridized carbons (Fsp3) is 0.231. The molecule has 0 amide bonds. The Morgan fingerprint density at radius 3 is 2.82 bits per heavy atom. The molecule has 8 heteroatoms. The fourth-order valence-corrected chi connectivity index (χ4v) is 4.36. The minimum absolute atomic E-state index is 0.236.